The molecule has 0 fully saturated rings. The van der Waals surface area contributed by atoms with Crippen LogP contribution in [0, 0.1) is 0 Å². The van der Waals surface area contributed by atoms with Gasteiger partial charge in [-0.15, -0.1) is 0 Å². The smallest absolute Gasteiger partial charge is 0.305 e. The molecule has 0 aliphatic heterocycles. The number of carbonyl (C=O) groups excluding carboxylic acids is 1. The zero-order valence-corrected chi connectivity index (χ0v) is 14.3. The highest BCUT2D eigenvalue weighted by Crippen LogP contribution is 2.10. The van der Waals surface area contributed by atoms with Crippen molar-refractivity contribution in [2.45, 2.75) is 85.0 Å². The summed E-state index contributed by atoms with van der Waals surface area (Å²) in [5.41, 5.74) is 1.48. The number of allylic oxidation sites excluding steroid dienone is 4. The topological polar surface area (TPSA) is 26.3 Å². The molecular formula is C19H34O2. The molecule has 122 valence electrons. The molecule has 0 amide bonds. The third-order valence-corrected chi connectivity index (χ3v) is 3.63. The van der Waals surface area contributed by atoms with Crippen LogP contribution in [0.1, 0.15) is 85.0 Å². The number of unbranched alkanes of at least 4 members (excludes halogenated alkanes) is 5. The van der Waals surface area contributed by atoms with Crippen molar-refractivity contribution in [3.63, 3.8) is 0 Å². The van der Waals surface area contributed by atoms with E-state index >= 15 is 0 Å². The molecule has 0 unspecified atom stereocenters. The molecule has 0 atom stereocenters. The van der Waals surface area contributed by atoms with Crippen molar-refractivity contribution < 1.29 is 9.53 Å². The van der Waals surface area contributed by atoms with Gasteiger partial charge in [0.05, 0.1) is 6.61 Å². The third kappa shape index (κ3) is 15.2. The van der Waals surface area contributed by atoms with Gasteiger partial charge in [0.25, 0.3) is 0 Å². The highest BCUT2D eigenvalue weighted by Gasteiger charge is 2.01. The van der Waals surface area contributed by atoms with Crippen LogP contribution in [-0.2, 0) is 9.53 Å². The minimum atomic E-state index is -0.0383. The van der Waals surface area contributed by atoms with Crippen LogP contribution >= 0.6 is 0 Å². The lowest BCUT2D eigenvalue weighted by molar-refractivity contribution is -0.143. The largest absolute Gasteiger partial charge is 0.466 e. The normalized spacial score (nSPS) is 12.0. The van der Waals surface area contributed by atoms with Crippen LogP contribution in [0.4, 0.5) is 0 Å². The lowest BCUT2D eigenvalue weighted by Gasteiger charge is -2.05. The summed E-state index contributed by atoms with van der Waals surface area (Å²) in [6.07, 6.45) is 17.2. The van der Waals surface area contributed by atoms with Crippen molar-refractivity contribution in [1.29, 1.82) is 0 Å². The van der Waals surface area contributed by atoms with E-state index in [1.54, 1.807) is 0 Å². The molecule has 21 heavy (non-hydrogen) atoms. The maximum absolute atomic E-state index is 11.5. The van der Waals surface area contributed by atoms with E-state index in [0.29, 0.717) is 13.0 Å². The molecule has 2 heteroatoms. The minimum absolute atomic E-state index is 0.0383. The van der Waals surface area contributed by atoms with Gasteiger partial charge in [-0.2, -0.15) is 0 Å². The Morgan fingerprint density at radius 1 is 0.952 bits per heavy atom. The van der Waals surface area contributed by atoms with Gasteiger partial charge in [0.1, 0.15) is 0 Å². The summed E-state index contributed by atoms with van der Waals surface area (Å²) in [7, 11) is 0. The van der Waals surface area contributed by atoms with Crippen molar-refractivity contribution in [2.75, 3.05) is 6.61 Å². The molecule has 0 saturated heterocycles. The van der Waals surface area contributed by atoms with Gasteiger partial charge >= 0.3 is 5.97 Å². The first-order valence-electron chi connectivity index (χ1n) is 8.63. The fraction of sp³-hybridized carbons (Fsp3) is 0.737. The predicted molar refractivity (Wildman–Crippen MR) is 91.4 cm³/mol. The van der Waals surface area contributed by atoms with Gasteiger partial charge in [-0.3, -0.25) is 4.79 Å². The molecule has 2 nitrogen and oxygen atoms in total. The van der Waals surface area contributed by atoms with E-state index in [4.69, 9.17) is 4.74 Å². The Morgan fingerprint density at radius 2 is 1.67 bits per heavy atom. The molecule has 0 saturated carbocycles. The summed E-state index contributed by atoms with van der Waals surface area (Å²) >= 11 is 0. The van der Waals surface area contributed by atoms with E-state index in [9.17, 15) is 4.79 Å². The molecular weight excluding hydrogens is 260 g/mol. The van der Waals surface area contributed by atoms with Gasteiger partial charge < -0.3 is 4.74 Å². The fourth-order valence-corrected chi connectivity index (χ4v) is 2.09. The van der Waals surface area contributed by atoms with Crippen molar-refractivity contribution in [1.82, 2.24) is 0 Å². The molecule has 0 radical (unpaired) electrons. The van der Waals surface area contributed by atoms with Crippen LogP contribution in [-0.4, -0.2) is 12.6 Å². The van der Waals surface area contributed by atoms with Gasteiger partial charge in [0.15, 0.2) is 0 Å². The SMILES string of the molecule is C/C=C(/C)CCCCCCCOC(=O)CCC/C=C\CC. The first-order valence-corrected chi connectivity index (χ1v) is 8.63. The van der Waals surface area contributed by atoms with Gasteiger partial charge in [0, 0.05) is 6.42 Å². The van der Waals surface area contributed by atoms with Crippen LogP contribution in [0.3, 0.4) is 0 Å². The Bertz CT molecular complexity index is 303. The van der Waals surface area contributed by atoms with Crippen LogP contribution in [0.25, 0.3) is 0 Å². The average Bonchev–Trinajstić information content (AvgIpc) is 2.49. The zero-order chi connectivity index (χ0) is 15.8. The highest BCUT2D eigenvalue weighted by molar-refractivity contribution is 5.69. The monoisotopic (exact) mass is 294 g/mol. The third-order valence-electron chi connectivity index (χ3n) is 3.63. The minimum Gasteiger partial charge on any atom is -0.466 e. The lowest BCUT2D eigenvalue weighted by Crippen LogP contribution is -2.05. The van der Waals surface area contributed by atoms with Crippen LogP contribution in [0.2, 0.25) is 0 Å². The summed E-state index contributed by atoms with van der Waals surface area (Å²) in [6.45, 7) is 7.01. The summed E-state index contributed by atoms with van der Waals surface area (Å²) in [5.74, 6) is -0.0383. The Balaban J connectivity index is 3.27. The number of carbonyl (C=O) groups is 1. The quantitative estimate of drug-likeness (QED) is 0.237. The zero-order valence-electron chi connectivity index (χ0n) is 14.3. The summed E-state index contributed by atoms with van der Waals surface area (Å²) in [5, 5.41) is 0. The Labute approximate surface area is 131 Å². The summed E-state index contributed by atoms with van der Waals surface area (Å²) in [4.78, 5) is 11.5. The number of hydrogen-bond acceptors (Lipinski definition) is 2. The van der Waals surface area contributed by atoms with Gasteiger partial charge in [-0.05, 0) is 52.4 Å². The summed E-state index contributed by atoms with van der Waals surface area (Å²) < 4.78 is 5.24. The number of esters is 1. The van der Waals surface area contributed by atoms with E-state index in [1.165, 1.54) is 37.7 Å². The maximum Gasteiger partial charge on any atom is 0.305 e. The van der Waals surface area contributed by atoms with Gasteiger partial charge in [-0.25, -0.2) is 0 Å². The molecule has 0 spiro atoms. The molecule has 0 aliphatic carbocycles. The second kappa shape index (κ2) is 15.3. The van der Waals surface area contributed by atoms with Crippen molar-refractivity contribution >= 4 is 5.97 Å². The van der Waals surface area contributed by atoms with Crippen LogP contribution < -0.4 is 0 Å². The predicted octanol–water partition coefficient (Wildman–Crippen LogP) is 5.97. The molecule has 0 N–H and O–H groups in total. The van der Waals surface area contributed by atoms with Crippen molar-refractivity contribution in [3.05, 3.63) is 23.8 Å². The van der Waals surface area contributed by atoms with Crippen molar-refractivity contribution in [3.8, 4) is 0 Å². The molecule has 0 aromatic rings. The molecule has 0 aromatic heterocycles. The first kappa shape index (κ1) is 19.9. The molecule has 0 heterocycles. The van der Waals surface area contributed by atoms with Gasteiger partial charge in [-0.1, -0.05) is 50.0 Å². The maximum atomic E-state index is 11.5. The van der Waals surface area contributed by atoms with Crippen molar-refractivity contribution in [2.24, 2.45) is 0 Å². The molecule has 0 aromatic carbocycles. The Morgan fingerprint density at radius 3 is 2.38 bits per heavy atom. The standard InChI is InChI=1S/C19H34O2/c1-4-6-7-9-13-16-19(20)21-17-14-11-8-10-12-15-18(3)5-2/h5-7H,4,8-17H2,1-3H3/b7-6-,18-5-. The summed E-state index contributed by atoms with van der Waals surface area (Å²) in [6, 6.07) is 0. The van der Waals surface area contributed by atoms with E-state index in [1.807, 2.05) is 0 Å². The molecule has 0 rings (SSSR count). The van der Waals surface area contributed by atoms with Crippen LogP contribution in [0.5, 0.6) is 0 Å². The van der Waals surface area contributed by atoms with Crippen LogP contribution in [0.15, 0.2) is 23.8 Å². The van der Waals surface area contributed by atoms with Gasteiger partial charge in [0.2, 0.25) is 0 Å². The van der Waals surface area contributed by atoms with E-state index in [2.05, 4.69) is 39.0 Å². The number of rotatable bonds is 13. The average molecular weight is 294 g/mol. The van der Waals surface area contributed by atoms with E-state index < -0.39 is 0 Å². The van der Waals surface area contributed by atoms with E-state index in [0.717, 1.165) is 25.7 Å². The Kier molecular flexibility index (Phi) is 14.6. The fourth-order valence-electron chi connectivity index (χ4n) is 2.09. The Hall–Kier alpha value is -1.05. The van der Waals surface area contributed by atoms with E-state index in [-0.39, 0.29) is 5.97 Å². The number of hydrogen-bond donors (Lipinski definition) is 0. The lowest BCUT2D eigenvalue weighted by atomic mass is 10.1. The second-order valence-corrected chi connectivity index (χ2v) is 5.65. The molecule has 0 bridgehead atoms. The first-order chi connectivity index (χ1) is 10.2. The molecule has 0 aliphatic rings. The highest BCUT2D eigenvalue weighted by atomic mass is 16.5. The second-order valence-electron chi connectivity index (χ2n) is 5.65. The number of ether oxygens (including phenoxy) is 1.